The number of hydrogen-bond donors (Lipinski definition) is 3. The number of rotatable bonds is 8. The van der Waals surface area contributed by atoms with Crippen molar-refractivity contribution >= 4 is 23.2 Å². The van der Waals surface area contributed by atoms with E-state index in [1.807, 2.05) is 19.1 Å². The summed E-state index contributed by atoms with van der Waals surface area (Å²) in [4.78, 5) is 24.9. The maximum atomic E-state index is 12.5. The lowest BCUT2D eigenvalue weighted by atomic mass is 9.92. The molecule has 0 aliphatic heterocycles. The van der Waals surface area contributed by atoms with Gasteiger partial charge in [-0.05, 0) is 68.3 Å². The van der Waals surface area contributed by atoms with Crippen LogP contribution in [0.4, 0.5) is 11.4 Å². The van der Waals surface area contributed by atoms with Crippen molar-refractivity contribution in [3.63, 3.8) is 0 Å². The number of amides is 2. The van der Waals surface area contributed by atoms with Crippen LogP contribution in [0.15, 0.2) is 48.5 Å². The summed E-state index contributed by atoms with van der Waals surface area (Å²) >= 11 is 0. The molecule has 7 heteroatoms. The van der Waals surface area contributed by atoms with Crippen LogP contribution >= 0.6 is 0 Å². The first-order valence-corrected chi connectivity index (χ1v) is 11.1. The summed E-state index contributed by atoms with van der Waals surface area (Å²) in [5.74, 6) is 0.332. The average molecular weight is 435 g/mol. The largest absolute Gasteiger partial charge is 0.494 e. The molecule has 0 unspecified atom stereocenters. The Morgan fingerprint density at radius 1 is 0.969 bits per heavy atom. The molecule has 1 fully saturated rings. The predicted octanol–water partition coefficient (Wildman–Crippen LogP) is 4.48. The number of benzene rings is 2. The molecule has 0 radical (unpaired) electrons. The molecule has 0 atom stereocenters. The summed E-state index contributed by atoms with van der Waals surface area (Å²) in [5, 5.41) is 18.4. The van der Waals surface area contributed by atoms with Gasteiger partial charge in [0, 0.05) is 16.9 Å². The van der Waals surface area contributed by atoms with Gasteiger partial charge < -0.3 is 20.7 Å². The monoisotopic (exact) mass is 434 g/mol. The van der Waals surface area contributed by atoms with Gasteiger partial charge in [-0.3, -0.25) is 9.59 Å². The Morgan fingerprint density at radius 3 is 2.19 bits per heavy atom. The Balaban J connectivity index is 1.50. The van der Waals surface area contributed by atoms with Gasteiger partial charge in [0.25, 0.3) is 5.91 Å². The van der Waals surface area contributed by atoms with Crippen LogP contribution in [-0.4, -0.2) is 30.5 Å². The lowest BCUT2D eigenvalue weighted by Crippen LogP contribution is -2.48. The first-order valence-electron chi connectivity index (χ1n) is 11.1. The zero-order valence-corrected chi connectivity index (χ0v) is 18.4. The fourth-order valence-corrected chi connectivity index (χ4v) is 3.83. The molecule has 0 aromatic heterocycles. The molecule has 0 bridgehead atoms. The van der Waals surface area contributed by atoms with Crippen LogP contribution in [-0.2, 0) is 4.79 Å². The third-order valence-electron chi connectivity index (χ3n) is 5.57. The van der Waals surface area contributed by atoms with Gasteiger partial charge in [-0.25, -0.2) is 0 Å². The van der Waals surface area contributed by atoms with Crippen molar-refractivity contribution in [3.8, 4) is 11.8 Å². The molecule has 1 saturated carbocycles. The maximum Gasteiger partial charge on any atom is 0.255 e. The quantitative estimate of drug-likeness (QED) is 0.532. The van der Waals surface area contributed by atoms with E-state index in [4.69, 9.17) is 4.74 Å². The molecule has 168 valence electrons. The van der Waals surface area contributed by atoms with Gasteiger partial charge in [0.05, 0.1) is 19.2 Å². The second kappa shape index (κ2) is 11.2. The van der Waals surface area contributed by atoms with Crippen LogP contribution in [0.5, 0.6) is 5.75 Å². The average Bonchev–Trinajstić information content (AvgIpc) is 3.05. The molecule has 2 aromatic rings. The zero-order chi connectivity index (χ0) is 22.8. The van der Waals surface area contributed by atoms with Crippen molar-refractivity contribution in [2.24, 2.45) is 0 Å². The molecule has 7 nitrogen and oxygen atoms in total. The minimum Gasteiger partial charge on any atom is -0.494 e. The Kier molecular flexibility index (Phi) is 8.09. The maximum absolute atomic E-state index is 12.5. The van der Waals surface area contributed by atoms with E-state index >= 15 is 0 Å². The first kappa shape index (κ1) is 23.1. The van der Waals surface area contributed by atoms with Crippen molar-refractivity contribution in [1.82, 2.24) is 5.32 Å². The molecular weight excluding hydrogens is 404 g/mol. The number of anilines is 2. The van der Waals surface area contributed by atoms with Crippen molar-refractivity contribution in [3.05, 3.63) is 54.1 Å². The van der Waals surface area contributed by atoms with Gasteiger partial charge >= 0.3 is 0 Å². The third kappa shape index (κ3) is 6.48. The molecule has 3 N–H and O–H groups in total. The Bertz CT molecular complexity index is 941. The number of carbonyl (C=O) groups excluding carboxylic acids is 2. The lowest BCUT2D eigenvalue weighted by molar-refractivity contribution is -0.120. The summed E-state index contributed by atoms with van der Waals surface area (Å²) in [7, 11) is 0. The van der Waals surface area contributed by atoms with Crippen molar-refractivity contribution < 1.29 is 14.3 Å². The standard InChI is InChI=1S/C25H30N4O3/c1-2-32-22-13-11-21(12-14-22)28-24(31)19-7-9-20(10-8-19)27-17-23(30)29-25(18-26)15-5-3-4-6-16-25/h7-14,27H,2-6,15-17H2,1H3,(H,28,31)(H,29,30). The van der Waals surface area contributed by atoms with Crippen molar-refractivity contribution in [2.45, 2.75) is 51.0 Å². The van der Waals surface area contributed by atoms with Crippen LogP contribution in [0.25, 0.3) is 0 Å². The highest BCUT2D eigenvalue weighted by atomic mass is 16.5. The van der Waals surface area contributed by atoms with Crippen LogP contribution in [0.2, 0.25) is 0 Å². The van der Waals surface area contributed by atoms with Gasteiger partial charge in [-0.1, -0.05) is 25.7 Å². The molecule has 2 aromatic carbocycles. The number of nitrogens with zero attached hydrogens (tertiary/aromatic N) is 1. The third-order valence-corrected chi connectivity index (χ3v) is 5.57. The van der Waals surface area contributed by atoms with Gasteiger partial charge in [0.15, 0.2) is 0 Å². The fourth-order valence-electron chi connectivity index (χ4n) is 3.83. The molecule has 1 aliphatic carbocycles. The first-order chi connectivity index (χ1) is 15.5. The number of ether oxygens (including phenoxy) is 1. The van der Waals surface area contributed by atoms with Gasteiger partial charge in [-0.2, -0.15) is 5.26 Å². The summed E-state index contributed by atoms with van der Waals surface area (Å²) < 4.78 is 5.40. The summed E-state index contributed by atoms with van der Waals surface area (Å²) in [6, 6.07) is 16.4. The molecule has 0 spiro atoms. The minimum atomic E-state index is -0.752. The van der Waals surface area contributed by atoms with Crippen LogP contribution in [0.3, 0.4) is 0 Å². The van der Waals surface area contributed by atoms with Gasteiger partial charge in [0.2, 0.25) is 5.91 Å². The van der Waals surface area contributed by atoms with Crippen molar-refractivity contribution in [2.75, 3.05) is 23.8 Å². The number of carbonyl (C=O) groups is 2. The van der Waals surface area contributed by atoms with E-state index in [1.54, 1.807) is 36.4 Å². The van der Waals surface area contributed by atoms with Crippen LogP contribution < -0.4 is 20.7 Å². The van der Waals surface area contributed by atoms with E-state index in [-0.39, 0.29) is 18.4 Å². The molecule has 2 amide bonds. The smallest absolute Gasteiger partial charge is 0.255 e. The molecule has 1 aliphatic rings. The van der Waals surface area contributed by atoms with Crippen LogP contribution in [0.1, 0.15) is 55.8 Å². The predicted molar refractivity (Wildman–Crippen MR) is 125 cm³/mol. The highest BCUT2D eigenvalue weighted by molar-refractivity contribution is 6.04. The zero-order valence-electron chi connectivity index (χ0n) is 18.4. The topological polar surface area (TPSA) is 103 Å². The highest BCUT2D eigenvalue weighted by Gasteiger charge is 2.32. The minimum absolute atomic E-state index is 0.0706. The number of nitrogens with one attached hydrogen (secondary N) is 3. The van der Waals surface area contributed by atoms with Gasteiger partial charge in [0.1, 0.15) is 11.3 Å². The highest BCUT2D eigenvalue weighted by Crippen LogP contribution is 2.26. The van der Waals surface area contributed by atoms with E-state index in [9.17, 15) is 14.9 Å². The second-order valence-corrected chi connectivity index (χ2v) is 8.00. The molecular formula is C25H30N4O3. The van der Waals surface area contributed by atoms with Gasteiger partial charge in [-0.15, -0.1) is 0 Å². The summed E-state index contributed by atoms with van der Waals surface area (Å²) in [6.07, 6.45) is 5.54. The molecule has 0 heterocycles. The summed E-state index contributed by atoms with van der Waals surface area (Å²) in [5.41, 5.74) is 1.17. The lowest BCUT2D eigenvalue weighted by Gasteiger charge is -2.26. The van der Waals surface area contributed by atoms with Crippen molar-refractivity contribution in [1.29, 1.82) is 5.26 Å². The Labute approximate surface area is 189 Å². The van der Waals surface area contributed by atoms with E-state index in [0.29, 0.717) is 30.7 Å². The normalized spacial score (nSPS) is 15.0. The molecule has 0 saturated heterocycles. The molecule has 32 heavy (non-hydrogen) atoms. The Hall–Kier alpha value is -3.53. The molecule has 3 rings (SSSR count). The fraction of sp³-hybridized carbons (Fsp3) is 0.400. The van der Waals surface area contributed by atoms with E-state index in [0.717, 1.165) is 37.1 Å². The van der Waals surface area contributed by atoms with Crippen LogP contribution in [0, 0.1) is 11.3 Å². The number of hydrogen-bond acceptors (Lipinski definition) is 5. The summed E-state index contributed by atoms with van der Waals surface area (Å²) in [6.45, 7) is 2.58. The SMILES string of the molecule is CCOc1ccc(NC(=O)c2ccc(NCC(=O)NC3(C#N)CCCCCC3)cc2)cc1. The van der Waals surface area contributed by atoms with E-state index < -0.39 is 5.54 Å². The number of nitriles is 1. The Morgan fingerprint density at radius 2 is 1.59 bits per heavy atom. The second-order valence-electron chi connectivity index (χ2n) is 8.00. The van der Waals surface area contributed by atoms with E-state index in [2.05, 4.69) is 22.0 Å². The van der Waals surface area contributed by atoms with E-state index in [1.165, 1.54) is 0 Å².